The molecule has 29 heavy (non-hydrogen) atoms. The van der Waals surface area contributed by atoms with Crippen LogP contribution in [-0.4, -0.2) is 43.9 Å². The average molecular weight is 397 g/mol. The number of carbonyl (C=O) groups is 4. The molecule has 0 aliphatic rings. The van der Waals surface area contributed by atoms with Crippen LogP contribution in [0.5, 0.6) is 0 Å². The highest BCUT2D eigenvalue weighted by Crippen LogP contribution is 2.11. The Bertz CT molecular complexity index is 922. The molecule has 0 radical (unpaired) electrons. The first-order valence-electron chi connectivity index (χ1n) is 8.90. The van der Waals surface area contributed by atoms with E-state index in [1.54, 1.807) is 24.3 Å². The largest absolute Gasteiger partial charge is 0.468 e. The number of rotatable bonds is 7. The Kier molecular flexibility index (Phi) is 7.47. The molecular weight excluding hydrogens is 374 g/mol. The number of methoxy groups -OCH3 is 1. The van der Waals surface area contributed by atoms with Gasteiger partial charge in [0, 0.05) is 16.8 Å². The molecule has 0 aliphatic heterocycles. The summed E-state index contributed by atoms with van der Waals surface area (Å²) in [5.74, 6) is -1.72. The highest BCUT2D eigenvalue weighted by atomic mass is 16.5. The van der Waals surface area contributed by atoms with Crippen molar-refractivity contribution < 1.29 is 23.9 Å². The van der Waals surface area contributed by atoms with Crippen molar-refractivity contribution in [2.24, 2.45) is 0 Å². The topological polar surface area (TPSA) is 114 Å². The van der Waals surface area contributed by atoms with Crippen LogP contribution >= 0.6 is 0 Å². The molecule has 0 aliphatic carbocycles. The highest BCUT2D eigenvalue weighted by molar-refractivity contribution is 6.00. The van der Waals surface area contributed by atoms with E-state index < -0.39 is 17.8 Å². The lowest BCUT2D eigenvalue weighted by Crippen LogP contribution is -2.33. The maximum atomic E-state index is 12.1. The predicted molar refractivity (Wildman–Crippen MR) is 108 cm³/mol. The minimum atomic E-state index is -0.551. The van der Waals surface area contributed by atoms with Gasteiger partial charge in [-0.2, -0.15) is 0 Å². The molecule has 0 fully saturated rings. The number of aryl methyl sites for hydroxylation is 2. The molecule has 2 rings (SSSR count). The average Bonchev–Trinajstić information content (AvgIpc) is 2.72. The third-order valence-corrected chi connectivity index (χ3v) is 4.23. The minimum Gasteiger partial charge on any atom is -0.468 e. The van der Waals surface area contributed by atoms with Crippen molar-refractivity contribution in [3.63, 3.8) is 0 Å². The minimum absolute atomic E-state index is 0.187. The predicted octanol–water partition coefficient (Wildman–Crippen LogP) is 1.57. The molecule has 2 aromatic carbocycles. The molecule has 0 saturated carbocycles. The zero-order valence-corrected chi connectivity index (χ0v) is 16.5. The van der Waals surface area contributed by atoms with E-state index >= 15 is 0 Å². The van der Waals surface area contributed by atoms with Gasteiger partial charge in [0.15, 0.2) is 0 Å². The molecule has 3 N–H and O–H groups in total. The van der Waals surface area contributed by atoms with Crippen molar-refractivity contribution in [3.05, 3.63) is 64.7 Å². The van der Waals surface area contributed by atoms with Crippen LogP contribution in [-0.2, 0) is 14.3 Å². The smallest absolute Gasteiger partial charge is 0.325 e. The van der Waals surface area contributed by atoms with Crippen LogP contribution in [0.15, 0.2) is 42.5 Å². The van der Waals surface area contributed by atoms with Gasteiger partial charge in [-0.25, -0.2) is 0 Å². The fourth-order valence-electron chi connectivity index (χ4n) is 2.38. The number of ether oxygens (including phenoxy) is 1. The maximum absolute atomic E-state index is 12.1. The number of hydrogen-bond donors (Lipinski definition) is 3. The first-order chi connectivity index (χ1) is 13.8. The van der Waals surface area contributed by atoms with Crippen molar-refractivity contribution >= 4 is 29.4 Å². The normalized spacial score (nSPS) is 10.0. The molecule has 8 heteroatoms. The fourth-order valence-corrected chi connectivity index (χ4v) is 2.38. The Morgan fingerprint density at radius 3 is 2.00 bits per heavy atom. The Hall–Kier alpha value is -3.68. The number of esters is 1. The Balaban J connectivity index is 1.84. The summed E-state index contributed by atoms with van der Waals surface area (Å²) in [7, 11) is 1.23. The third kappa shape index (κ3) is 6.46. The van der Waals surface area contributed by atoms with Crippen molar-refractivity contribution in [2.45, 2.75) is 13.8 Å². The summed E-state index contributed by atoms with van der Waals surface area (Å²) in [4.78, 5) is 47.1. The Morgan fingerprint density at radius 1 is 0.793 bits per heavy atom. The van der Waals surface area contributed by atoms with Crippen LogP contribution < -0.4 is 16.0 Å². The number of amides is 3. The number of nitrogens with one attached hydrogen (secondary N) is 3. The summed E-state index contributed by atoms with van der Waals surface area (Å²) in [5, 5.41) is 7.62. The number of carbonyl (C=O) groups excluding carboxylic acids is 4. The van der Waals surface area contributed by atoms with Crippen molar-refractivity contribution in [1.82, 2.24) is 10.6 Å². The van der Waals surface area contributed by atoms with E-state index in [1.165, 1.54) is 19.2 Å². The number of anilines is 1. The monoisotopic (exact) mass is 397 g/mol. The van der Waals surface area contributed by atoms with Crippen LogP contribution in [0.4, 0.5) is 5.69 Å². The van der Waals surface area contributed by atoms with Gasteiger partial charge in [-0.1, -0.05) is 6.07 Å². The zero-order chi connectivity index (χ0) is 21.4. The lowest BCUT2D eigenvalue weighted by Gasteiger charge is -2.09. The van der Waals surface area contributed by atoms with Gasteiger partial charge in [0.25, 0.3) is 11.8 Å². The van der Waals surface area contributed by atoms with Crippen molar-refractivity contribution in [2.75, 3.05) is 25.5 Å². The van der Waals surface area contributed by atoms with Crippen molar-refractivity contribution in [1.29, 1.82) is 0 Å². The molecule has 0 unspecified atom stereocenters. The second-order valence-electron chi connectivity index (χ2n) is 6.37. The fraction of sp³-hybridized carbons (Fsp3) is 0.238. The summed E-state index contributed by atoms with van der Waals surface area (Å²) in [6.07, 6.45) is 0. The molecule has 0 heterocycles. The van der Waals surface area contributed by atoms with Gasteiger partial charge >= 0.3 is 5.97 Å². The number of hydrogen-bond acceptors (Lipinski definition) is 5. The summed E-state index contributed by atoms with van der Waals surface area (Å²) in [6, 6.07) is 11.5. The maximum Gasteiger partial charge on any atom is 0.325 e. The number of benzene rings is 2. The van der Waals surface area contributed by atoms with E-state index in [0.29, 0.717) is 16.8 Å². The van der Waals surface area contributed by atoms with E-state index in [-0.39, 0.29) is 19.0 Å². The second kappa shape index (κ2) is 10.0. The molecular formula is C21H23N3O5. The van der Waals surface area contributed by atoms with Crippen LogP contribution in [0.25, 0.3) is 0 Å². The standard InChI is InChI=1S/C21H23N3O5/c1-13-4-5-16(10-14(13)2)21(28)22-11-18(25)24-17-8-6-15(7-9-17)20(27)23-12-19(26)29-3/h4-10H,11-12H2,1-3H3,(H,22,28)(H,23,27)(H,24,25). The van der Waals surface area contributed by atoms with Gasteiger partial charge < -0.3 is 20.7 Å². The van der Waals surface area contributed by atoms with Crippen LogP contribution in [0.3, 0.4) is 0 Å². The molecule has 8 nitrogen and oxygen atoms in total. The summed E-state index contributed by atoms with van der Waals surface area (Å²) in [5.41, 5.74) is 3.37. The molecule has 2 aromatic rings. The SMILES string of the molecule is COC(=O)CNC(=O)c1ccc(NC(=O)CNC(=O)c2ccc(C)c(C)c2)cc1. The summed E-state index contributed by atoms with van der Waals surface area (Å²) >= 11 is 0. The van der Waals surface area contributed by atoms with E-state index in [0.717, 1.165) is 11.1 Å². The van der Waals surface area contributed by atoms with Gasteiger partial charge in [-0.05, 0) is 61.4 Å². The molecule has 0 saturated heterocycles. The van der Waals surface area contributed by atoms with Crippen LogP contribution in [0, 0.1) is 13.8 Å². The van der Waals surface area contributed by atoms with E-state index in [4.69, 9.17) is 0 Å². The van der Waals surface area contributed by atoms with E-state index in [9.17, 15) is 19.2 Å². The molecule has 152 valence electrons. The van der Waals surface area contributed by atoms with Gasteiger partial charge in [-0.15, -0.1) is 0 Å². The summed E-state index contributed by atoms with van der Waals surface area (Å²) in [6.45, 7) is 3.46. The Labute approximate surface area is 168 Å². The van der Waals surface area contributed by atoms with Gasteiger partial charge in [0.2, 0.25) is 5.91 Å². The van der Waals surface area contributed by atoms with Gasteiger partial charge in [0.1, 0.15) is 6.54 Å². The summed E-state index contributed by atoms with van der Waals surface area (Å²) < 4.78 is 4.45. The van der Waals surface area contributed by atoms with Crippen molar-refractivity contribution in [3.8, 4) is 0 Å². The molecule has 3 amide bonds. The molecule has 0 atom stereocenters. The zero-order valence-electron chi connectivity index (χ0n) is 16.5. The Morgan fingerprint density at radius 2 is 1.38 bits per heavy atom. The molecule has 0 bridgehead atoms. The third-order valence-electron chi connectivity index (χ3n) is 4.23. The quantitative estimate of drug-likeness (QED) is 0.614. The lowest BCUT2D eigenvalue weighted by molar-refractivity contribution is -0.139. The van der Waals surface area contributed by atoms with E-state index in [2.05, 4.69) is 20.7 Å². The second-order valence-corrected chi connectivity index (χ2v) is 6.37. The first kappa shape index (κ1) is 21.6. The van der Waals surface area contributed by atoms with Crippen LogP contribution in [0.1, 0.15) is 31.8 Å². The van der Waals surface area contributed by atoms with Crippen LogP contribution in [0.2, 0.25) is 0 Å². The lowest BCUT2D eigenvalue weighted by atomic mass is 10.1. The molecule has 0 aromatic heterocycles. The first-order valence-corrected chi connectivity index (χ1v) is 8.90. The van der Waals surface area contributed by atoms with E-state index in [1.807, 2.05) is 19.9 Å². The van der Waals surface area contributed by atoms with Gasteiger partial charge in [0.05, 0.1) is 13.7 Å². The van der Waals surface area contributed by atoms with Gasteiger partial charge in [-0.3, -0.25) is 19.2 Å². The highest BCUT2D eigenvalue weighted by Gasteiger charge is 2.11. The molecule has 0 spiro atoms.